The number of carbonyl (C=O) groups excluding carboxylic acids is 1. The molecular formula is C41H52O13S2. The number of phenols is 2. The van der Waals surface area contributed by atoms with Crippen LogP contribution in [0.2, 0.25) is 0 Å². The molecule has 6 rings (SSSR count). The van der Waals surface area contributed by atoms with Gasteiger partial charge in [-0.25, -0.2) is 4.79 Å². The molecule has 3 aliphatic rings. The Labute approximate surface area is 333 Å². The Morgan fingerprint density at radius 2 is 1.80 bits per heavy atom. The van der Waals surface area contributed by atoms with Crippen LogP contribution in [0.4, 0.5) is 0 Å². The van der Waals surface area contributed by atoms with Crippen molar-refractivity contribution in [1.82, 2.24) is 0 Å². The zero-order valence-electron chi connectivity index (χ0n) is 31.6. The lowest BCUT2D eigenvalue weighted by Gasteiger charge is -2.51. The Morgan fingerprint density at radius 3 is 2.52 bits per heavy atom. The van der Waals surface area contributed by atoms with E-state index >= 15 is 0 Å². The largest absolute Gasteiger partial charge is 0.507 e. The van der Waals surface area contributed by atoms with E-state index in [2.05, 4.69) is 6.92 Å². The van der Waals surface area contributed by atoms with Crippen molar-refractivity contribution in [3.8, 4) is 17.2 Å². The first-order valence-corrected chi connectivity index (χ1v) is 21.5. The number of aliphatic hydroxyl groups is 4. The number of aromatic hydroxyl groups is 2. The molecule has 56 heavy (non-hydrogen) atoms. The van der Waals surface area contributed by atoms with Gasteiger partial charge < -0.3 is 54.7 Å². The highest BCUT2D eigenvalue weighted by Gasteiger charge is 2.58. The molecular weight excluding hydrogens is 765 g/mol. The number of hydrogen-bond donors (Lipinski definition) is 7. The third-order valence-electron chi connectivity index (χ3n) is 12.0. The average molecular weight is 817 g/mol. The number of ether oxygens (including phenoxy) is 4. The van der Waals surface area contributed by atoms with Gasteiger partial charge in [0.05, 0.1) is 29.7 Å². The average Bonchev–Trinajstić information content (AvgIpc) is 3.22. The number of Topliss-reactive ketones (excluding diaryl/α,β-unsaturated/α-hetero) is 1. The zero-order chi connectivity index (χ0) is 40.2. The summed E-state index contributed by atoms with van der Waals surface area (Å²) in [7, 11) is 3.05. The SMILES string of the molecule is Cc1c(C(=O)CCc2ccccc2)c(O)c2c(O[C@@H]3O[C@H](CO)[C@]4(CC[C@@H](C)[C@@H]5CCOC[C@@]5(CCCO)CSSCO4)[C@H](O)[C@H]3O)cc(C(=O)O)cc2c1O. The van der Waals surface area contributed by atoms with Gasteiger partial charge in [-0.3, -0.25) is 4.79 Å². The Hall–Kier alpha value is -3.12. The highest BCUT2D eigenvalue weighted by molar-refractivity contribution is 8.76. The molecule has 0 unspecified atom stereocenters. The van der Waals surface area contributed by atoms with Crippen LogP contribution in [0.5, 0.6) is 17.2 Å². The second-order valence-electron chi connectivity index (χ2n) is 15.3. The molecule has 3 aliphatic heterocycles. The predicted molar refractivity (Wildman–Crippen MR) is 211 cm³/mol. The number of carboxylic acid groups (broad SMARTS) is 1. The summed E-state index contributed by atoms with van der Waals surface area (Å²) in [6.45, 7) is 4.24. The molecule has 3 saturated heterocycles. The van der Waals surface area contributed by atoms with Crippen molar-refractivity contribution in [1.29, 1.82) is 0 Å². The monoisotopic (exact) mass is 816 g/mol. The molecule has 306 valence electrons. The summed E-state index contributed by atoms with van der Waals surface area (Å²) in [6, 6.07) is 11.5. The lowest BCUT2D eigenvalue weighted by molar-refractivity contribution is -0.322. The number of benzene rings is 3. The number of aryl methyl sites for hydroxylation is 1. The van der Waals surface area contributed by atoms with Gasteiger partial charge in [0.15, 0.2) is 5.78 Å². The van der Waals surface area contributed by atoms with Crippen molar-refractivity contribution in [3.63, 3.8) is 0 Å². The molecule has 8 atom stereocenters. The normalized spacial score (nSPS) is 30.0. The minimum atomic E-state index is -1.79. The molecule has 3 aromatic carbocycles. The van der Waals surface area contributed by atoms with E-state index in [1.54, 1.807) is 10.8 Å². The second kappa shape index (κ2) is 18.2. The van der Waals surface area contributed by atoms with Gasteiger partial charge in [-0.1, -0.05) is 58.8 Å². The van der Waals surface area contributed by atoms with Gasteiger partial charge in [0.1, 0.15) is 47.1 Å². The van der Waals surface area contributed by atoms with Crippen LogP contribution in [0.3, 0.4) is 0 Å². The number of hydrogen-bond acceptors (Lipinski definition) is 14. The van der Waals surface area contributed by atoms with E-state index in [0.717, 1.165) is 36.3 Å². The summed E-state index contributed by atoms with van der Waals surface area (Å²) < 4.78 is 24.7. The minimum Gasteiger partial charge on any atom is -0.507 e. The van der Waals surface area contributed by atoms with Gasteiger partial charge >= 0.3 is 5.97 Å². The van der Waals surface area contributed by atoms with E-state index < -0.39 is 60.1 Å². The van der Waals surface area contributed by atoms with Crippen LogP contribution in [0.15, 0.2) is 42.5 Å². The van der Waals surface area contributed by atoms with E-state index in [-0.39, 0.29) is 75.9 Å². The molecule has 0 radical (unpaired) electrons. The van der Waals surface area contributed by atoms with Crippen LogP contribution >= 0.6 is 21.6 Å². The van der Waals surface area contributed by atoms with Crippen LogP contribution in [-0.4, -0.2) is 116 Å². The number of rotatable bonds is 11. The van der Waals surface area contributed by atoms with Crippen LogP contribution < -0.4 is 4.74 Å². The van der Waals surface area contributed by atoms with Gasteiger partial charge in [-0.15, -0.1) is 0 Å². The van der Waals surface area contributed by atoms with Gasteiger partial charge in [-0.2, -0.15) is 0 Å². The standard InChI is InChI=1S/C41H52O13S2/c1-23-11-14-41(52-22-56-55-21-40(13-6-15-42)20-51-16-12-28(23)40)31(19-43)54-39(36(47)37(41)48)53-30-18-26(38(49)50)17-27-33(30)35(46)32(24(2)34(27)45)29(44)10-9-25-7-4-3-5-8-25/h3-5,7-8,17-18,23,28,31,36-37,39,42-43,45-48H,6,9-16,19-22H2,1-2H3,(H,49,50)/t23-,28+,31-,36-,37-,39-,40+,41-/m1/s1. The molecule has 15 heteroatoms. The van der Waals surface area contributed by atoms with Crippen LogP contribution in [0.1, 0.15) is 77.3 Å². The van der Waals surface area contributed by atoms with Gasteiger partial charge in [0, 0.05) is 41.8 Å². The van der Waals surface area contributed by atoms with Crippen molar-refractivity contribution in [2.45, 2.75) is 89.0 Å². The molecule has 0 bridgehead atoms. The summed E-state index contributed by atoms with van der Waals surface area (Å²) in [5.74, 6) is -1.95. The molecule has 3 aromatic rings. The summed E-state index contributed by atoms with van der Waals surface area (Å²) in [4.78, 5) is 25.9. The summed E-state index contributed by atoms with van der Waals surface area (Å²) in [5.41, 5.74) is -1.29. The number of aromatic carboxylic acids is 1. The molecule has 0 aliphatic carbocycles. The Bertz CT molecular complexity index is 1860. The molecule has 0 amide bonds. The number of phenolic OH excluding ortho intramolecular Hbond substituents is 2. The number of carbonyl (C=O) groups is 2. The maximum atomic E-state index is 13.6. The highest BCUT2D eigenvalue weighted by atomic mass is 33.1. The summed E-state index contributed by atoms with van der Waals surface area (Å²) in [6.07, 6.45) is -2.96. The van der Waals surface area contributed by atoms with Crippen molar-refractivity contribution in [2.75, 3.05) is 38.1 Å². The summed E-state index contributed by atoms with van der Waals surface area (Å²) in [5, 5.41) is 76.8. The van der Waals surface area contributed by atoms with Crippen molar-refractivity contribution in [2.24, 2.45) is 17.3 Å². The molecule has 0 saturated carbocycles. The van der Waals surface area contributed by atoms with E-state index in [1.165, 1.54) is 17.7 Å². The van der Waals surface area contributed by atoms with E-state index in [9.17, 15) is 45.3 Å². The molecule has 7 N–H and O–H groups in total. The number of carboxylic acids is 1. The van der Waals surface area contributed by atoms with Crippen molar-refractivity contribution < 1.29 is 64.3 Å². The predicted octanol–water partition coefficient (Wildman–Crippen LogP) is 5.21. The van der Waals surface area contributed by atoms with Crippen LogP contribution in [-0.2, 0) is 20.6 Å². The highest BCUT2D eigenvalue weighted by Crippen LogP contribution is 2.51. The number of fused-ring (bicyclic) bond motifs is 2. The Kier molecular flexibility index (Phi) is 13.8. The minimum absolute atomic E-state index is 0.00273. The van der Waals surface area contributed by atoms with E-state index in [4.69, 9.17) is 18.9 Å². The number of ketones is 1. The second-order valence-corrected chi connectivity index (χ2v) is 17.7. The quantitative estimate of drug-likeness (QED) is 0.0752. The molecule has 3 heterocycles. The van der Waals surface area contributed by atoms with Gasteiger partial charge in [-0.05, 0) is 75.0 Å². The topological polar surface area (TPSA) is 213 Å². The smallest absolute Gasteiger partial charge is 0.335 e. The van der Waals surface area contributed by atoms with E-state index in [0.29, 0.717) is 32.5 Å². The number of aliphatic hydroxyl groups excluding tert-OH is 4. The zero-order valence-corrected chi connectivity index (χ0v) is 33.2. The lowest BCUT2D eigenvalue weighted by atomic mass is 9.64. The first kappa shape index (κ1) is 42.5. The molecule has 0 aromatic heterocycles. The van der Waals surface area contributed by atoms with Crippen molar-refractivity contribution >= 4 is 44.1 Å². The molecule has 3 fully saturated rings. The fraction of sp³-hybridized carbons (Fsp3) is 0.561. The Morgan fingerprint density at radius 1 is 1.04 bits per heavy atom. The van der Waals surface area contributed by atoms with Gasteiger partial charge in [0.25, 0.3) is 0 Å². The van der Waals surface area contributed by atoms with Gasteiger partial charge in [0.2, 0.25) is 6.29 Å². The van der Waals surface area contributed by atoms with E-state index in [1.807, 2.05) is 30.3 Å². The lowest BCUT2D eigenvalue weighted by Crippen LogP contribution is -2.69. The maximum absolute atomic E-state index is 13.6. The first-order chi connectivity index (χ1) is 26.9. The van der Waals surface area contributed by atoms with Crippen LogP contribution in [0.25, 0.3) is 10.8 Å². The summed E-state index contributed by atoms with van der Waals surface area (Å²) >= 11 is 0. The fourth-order valence-corrected chi connectivity index (χ4v) is 11.3. The van der Waals surface area contributed by atoms with Crippen molar-refractivity contribution in [3.05, 3.63) is 64.7 Å². The first-order valence-electron chi connectivity index (χ1n) is 19.1. The maximum Gasteiger partial charge on any atom is 0.335 e. The Balaban J connectivity index is 1.32. The third kappa shape index (κ3) is 8.38. The molecule has 1 spiro atoms. The third-order valence-corrected chi connectivity index (χ3v) is 14.2. The molecule has 13 nitrogen and oxygen atoms in total. The fourth-order valence-electron chi connectivity index (χ4n) is 8.90. The van der Waals surface area contributed by atoms with Crippen LogP contribution in [0, 0.1) is 24.2 Å².